The van der Waals surface area contributed by atoms with Crippen molar-refractivity contribution in [2.75, 3.05) is 11.9 Å². The lowest BCUT2D eigenvalue weighted by atomic mass is 10.0. The highest BCUT2D eigenvalue weighted by atomic mass is 79.9. The third-order valence-corrected chi connectivity index (χ3v) is 3.56. The molecule has 0 radical (unpaired) electrons. The lowest BCUT2D eigenvalue weighted by Gasteiger charge is -2.11. The van der Waals surface area contributed by atoms with Crippen LogP contribution in [0.3, 0.4) is 0 Å². The Kier molecular flexibility index (Phi) is 4.75. The second-order valence-electron chi connectivity index (χ2n) is 4.56. The summed E-state index contributed by atoms with van der Waals surface area (Å²) in [5, 5.41) is 12.5. The van der Waals surface area contributed by atoms with Crippen molar-refractivity contribution in [3.8, 4) is 17.2 Å². The van der Waals surface area contributed by atoms with Crippen LogP contribution < -0.4 is 5.32 Å². The van der Waals surface area contributed by atoms with Crippen LogP contribution in [-0.2, 0) is 0 Å². The zero-order valence-electron chi connectivity index (χ0n) is 11.6. The third kappa shape index (κ3) is 3.17. The number of anilines is 1. The number of nitrogens with one attached hydrogen (secondary N) is 1. The smallest absolute Gasteiger partial charge is 0.144 e. The van der Waals surface area contributed by atoms with Gasteiger partial charge in [0, 0.05) is 22.3 Å². The molecule has 0 aliphatic heterocycles. The Balaban J connectivity index is 2.45. The molecule has 2 rings (SSSR count). The maximum atomic E-state index is 9.29. The highest BCUT2D eigenvalue weighted by Gasteiger charge is 2.10. The second kappa shape index (κ2) is 6.53. The van der Waals surface area contributed by atoms with Gasteiger partial charge < -0.3 is 5.32 Å². The molecule has 4 heteroatoms. The number of pyridine rings is 1. The van der Waals surface area contributed by atoms with Crippen molar-refractivity contribution in [2.24, 2.45) is 0 Å². The van der Waals surface area contributed by atoms with Gasteiger partial charge in [-0.2, -0.15) is 5.26 Å². The molecule has 0 amide bonds. The Hall–Kier alpha value is -1.86. The van der Waals surface area contributed by atoms with Crippen molar-refractivity contribution in [1.29, 1.82) is 5.26 Å². The Morgan fingerprint density at radius 1 is 1.30 bits per heavy atom. The van der Waals surface area contributed by atoms with E-state index in [0.29, 0.717) is 11.4 Å². The fraction of sp³-hybridized carbons (Fsp3) is 0.250. The number of halogens is 1. The van der Waals surface area contributed by atoms with Gasteiger partial charge in [-0.1, -0.05) is 35.0 Å². The van der Waals surface area contributed by atoms with Gasteiger partial charge in [-0.15, -0.1) is 0 Å². The maximum absolute atomic E-state index is 9.29. The molecule has 1 aromatic carbocycles. The summed E-state index contributed by atoms with van der Waals surface area (Å²) in [7, 11) is 0. The molecule has 3 nitrogen and oxygen atoms in total. The third-order valence-electron chi connectivity index (χ3n) is 3.03. The van der Waals surface area contributed by atoms with Gasteiger partial charge in [-0.3, -0.25) is 0 Å². The van der Waals surface area contributed by atoms with Crippen molar-refractivity contribution in [3.63, 3.8) is 0 Å². The Morgan fingerprint density at radius 3 is 2.60 bits per heavy atom. The number of rotatable bonds is 4. The molecule has 0 fully saturated rings. The number of nitriles is 1. The molecule has 0 aliphatic rings. The van der Waals surface area contributed by atoms with Crippen LogP contribution in [0.2, 0.25) is 0 Å². The van der Waals surface area contributed by atoms with Crippen LogP contribution in [0.5, 0.6) is 0 Å². The average Bonchev–Trinajstić information content (AvgIpc) is 2.46. The molecule has 1 aromatic heterocycles. The van der Waals surface area contributed by atoms with Gasteiger partial charge in [0.2, 0.25) is 0 Å². The van der Waals surface area contributed by atoms with Gasteiger partial charge in [0.15, 0.2) is 0 Å². The topological polar surface area (TPSA) is 48.7 Å². The summed E-state index contributed by atoms with van der Waals surface area (Å²) in [6.07, 6.45) is 1.00. The van der Waals surface area contributed by atoms with Gasteiger partial charge in [0.05, 0.1) is 5.56 Å². The van der Waals surface area contributed by atoms with Crippen LogP contribution in [-0.4, -0.2) is 11.5 Å². The summed E-state index contributed by atoms with van der Waals surface area (Å²) < 4.78 is 1.04. The number of aryl methyl sites for hydroxylation is 1. The predicted molar refractivity (Wildman–Crippen MR) is 85.6 cm³/mol. The van der Waals surface area contributed by atoms with Crippen LogP contribution >= 0.6 is 15.9 Å². The fourth-order valence-electron chi connectivity index (χ4n) is 1.99. The number of aromatic nitrogens is 1. The lowest BCUT2D eigenvalue weighted by Crippen LogP contribution is -2.05. The first kappa shape index (κ1) is 14.5. The predicted octanol–water partition coefficient (Wildman–Crippen LogP) is 4.51. The van der Waals surface area contributed by atoms with E-state index in [1.807, 2.05) is 37.3 Å². The van der Waals surface area contributed by atoms with Crippen molar-refractivity contribution in [3.05, 3.63) is 46.1 Å². The summed E-state index contributed by atoms with van der Waals surface area (Å²) in [5.41, 5.74) is 3.57. The summed E-state index contributed by atoms with van der Waals surface area (Å²) in [5.74, 6) is 0.674. The number of hydrogen-bond donors (Lipinski definition) is 1. The lowest BCUT2D eigenvalue weighted by molar-refractivity contribution is 0.964. The van der Waals surface area contributed by atoms with Crippen LogP contribution in [0.15, 0.2) is 34.8 Å². The largest absolute Gasteiger partial charge is 0.369 e. The minimum absolute atomic E-state index is 0.585. The first-order valence-corrected chi connectivity index (χ1v) is 7.36. The Bertz CT molecular complexity index is 642. The second-order valence-corrected chi connectivity index (χ2v) is 5.48. The van der Waals surface area contributed by atoms with E-state index in [1.165, 1.54) is 0 Å². The summed E-state index contributed by atoms with van der Waals surface area (Å²) in [6, 6.07) is 12.2. The molecule has 0 saturated heterocycles. The molecule has 0 unspecified atom stereocenters. The minimum atomic E-state index is 0.585. The SMILES string of the molecule is CCCNc1nc(C)c(-c2ccc(Br)cc2)cc1C#N. The van der Waals surface area contributed by atoms with E-state index in [1.54, 1.807) is 0 Å². The normalized spacial score (nSPS) is 10.1. The molecule has 0 saturated carbocycles. The summed E-state index contributed by atoms with van der Waals surface area (Å²) in [6.45, 7) is 4.87. The Morgan fingerprint density at radius 2 is 2.00 bits per heavy atom. The van der Waals surface area contributed by atoms with Crippen LogP contribution in [0.4, 0.5) is 5.82 Å². The molecule has 0 aliphatic carbocycles. The molecule has 0 bridgehead atoms. The van der Waals surface area contributed by atoms with Crippen LogP contribution in [0.1, 0.15) is 24.6 Å². The van der Waals surface area contributed by atoms with E-state index in [2.05, 4.69) is 39.2 Å². The monoisotopic (exact) mass is 329 g/mol. The highest BCUT2D eigenvalue weighted by Crippen LogP contribution is 2.27. The number of benzene rings is 1. The van der Waals surface area contributed by atoms with Gasteiger partial charge >= 0.3 is 0 Å². The molecule has 20 heavy (non-hydrogen) atoms. The standard InChI is InChI=1S/C16H16BrN3/c1-3-8-19-16-13(10-18)9-15(11(2)20-16)12-4-6-14(17)7-5-12/h4-7,9H,3,8H2,1-2H3,(H,19,20). The molecular weight excluding hydrogens is 314 g/mol. The molecule has 1 heterocycles. The Labute approximate surface area is 127 Å². The van der Waals surface area contributed by atoms with Gasteiger partial charge in [-0.05, 0) is 37.1 Å². The first-order valence-electron chi connectivity index (χ1n) is 6.57. The molecule has 0 atom stereocenters. The van der Waals surface area contributed by atoms with E-state index in [9.17, 15) is 5.26 Å². The van der Waals surface area contributed by atoms with Crippen LogP contribution in [0.25, 0.3) is 11.1 Å². The van der Waals surface area contributed by atoms with E-state index >= 15 is 0 Å². The van der Waals surface area contributed by atoms with Gasteiger partial charge in [-0.25, -0.2) is 4.98 Å². The maximum Gasteiger partial charge on any atom is 0.144 e. The van der Waals surface area contributed by atoms with E-state index in [-0.39, 0.29) is 0 Å². The van der Waals surface area contributed by atoms with Gasteiger partial charge in [0.1, 0.15) is 11.9 Å². The molecule has 2 aromatic rings. The van der Waals surface area contributed by atoms with E-state index in [4.69, 9.17) is 0 Å². The quantitative estimate of drug-likeness (QED) is 0.897. The number of hydrogen-bond acceptors (Lipinski definition) is 3. The fourth-order valence-corrected chi connectivity index (χ4v) is 2.25. The van der Waals surface area contributed by atoms with Gasteiger partial charge in [0.25, 0.3) is 0 Å². The van der Waals surface area contributed by atoms with E-state index in [0.717, 1.165) is 34.3 Å². The highest BCUT2D eigenvalue weighted by molar-refractivity contribution is 9.10. The van der Waals surface area contributed by atoms with Crippen molar-refractivity contribution in [2.45, 2.75) is 20.3 Å². The van der Waals surface area contributed by atoms with Crippen LogP contribution in [0, 0.1) is 18.3 Å². The molecular formula is C16H16BrN3. The molecule has 0 spiro atoms. The number of nitrogens with zero attached hydrogens (tertiary/aromatic N) is 2. The average molecular weight is 330 g/mol. The first-order chi connectivity index (χ1) is 9.65. The van der Waals surface area contributed by atoms with E-state index < -0.39 is 0 Å². The molecule has 102 valence electrons. The summed E-state index contributed by atoms with van der Waals surface area (Å²) in [4.78, 5) is 4.53. The van der Waals surface area contributed by atoms with Crippen molar-refractivity contribution >= 4 is 21.7 Å². The van der Waals surface area contributed by atoms with Crippen molar-refractivity contribution < 1.29 is 0 Å². The summed E-state index contributed by atoms with van der Waals surface area (Å²) >= 11 is 3.43. The minimum Gasteiger partial charge on any atom is -0.369 e. The molecule has 1 N–H and O–H groups in total. The zero-order chi connectivity index (χ0) is 14.5. The van der Waals surface area contributed by atoms with Crippen molar-refractivity contribution in [1.82, 2.24) is 4.98 Å². The zero-order valence-corrected chi connectivity index (χ0v) is 13.2.